The van der Waals surface area contributed by atoms with Crippen molar-refractivity contribution in [2.75, 3.05) is 28.4 Å². The van der Waals surface area contributed by atoms with Crippen LogP contribution in [0.15, 0.2) is 11.8 Å². The molecule has 0 saturated heterocycles. The van der Waals surface area contributed by atoms with Gasteiger partial charge in [0.05, 0.1) is 0 Å². The fourth-order valence-electron chi connectivity index (χ4n) is 1.26. The third-order valence-electron chi connectivity index (χ3n) is 3.17. The van der Waals surface area contributed by atoms with E-state index in [0.29, 0.717) is 0 Å². The Bertz CT molecular complexity index is 225. The molecule has 0 radical (unpaired) electrons. The van der Waals surface area contributed by atoms with E-state index in [9.17, 15) is 0 Å². The minimum absolute atomic E-state index is 0.828. The van der Waals surface area contributed by atoms with Gasteiger partial charge in [-0.15, -0.1) is 0 Å². The normalized spacial score (nSPS) is 12.9. The van der Waals surface area contributed by atoms with E-state index >= 15 is 0 Å². The summed E-state index contributed by atoms with van der Waals surface area (Å²) in [5, 5.41) is 1.03. The smallest absolute Gasteiger partial charge is 0.364 e. The van der Waals surface area contributed by atoms with E-state index in [-0.39, 0.29) is 0 Å². The van der Waals surface area contributed by atoms with E-state index in [1.807, 2.05) is 13.1 Å². The first kappa shape index (κ1) is 16.0. The molecule has 0 spiro atoms. The van der Waals surface area contributed by atoms with Crippen LogP contribution in [0.3, 0.4) is 0 Å². The van der Waals surface area contributed by atoms with Crippen LogP contribution >= 0.6 is 0 Å². The Kier molecular flexibility index (Phi) is 6.68. The van der Waals surface area contributed by atoms with Gasteiger partial charge < -0.3 is 17.7 Å². The highest BCUT2D eigenvalue weighted by Crippen LogP contribution is 2.24. The molecular formula is C10H24O4Si2. The lowest BCUT2D eigenvalue weighted by atomic mass is 10.5. The quantitative estimate of drug-likeness (QED) is 0.630. The van der Waals surface area contributed by atoms with Gasteiger partial charge in [-0.1, -0.05) is 6.58 Å². The van der Waals surface area contributed by atoms with Crippen LogP contribution < -0.4 is 0 Å². The summed E-state index contributed by atoms with van der Waals surface area (Å²) in [6.07, 6.45) is 0.828. The fraction of sp³-hybridized carbons (Fsp3) is 0.800. The molecule has 4 nitrogen and oxygen atoms in total. The van der Waals surface area contributed by atoms with E-state index < -0.39 is 17.1 Å². The maximum Gasteiger partial charge on any atom is 0.364 e. The highest BCUT2D eigenvalue weighted by molar-refractivity contribution is 6.74. The zero-order valence-electron chi connectivity index (χ0n) is 11.3. The van der Waals surface area contributed by atoms with Gasteiger partial charge in [0.1, 0.15) is 0 Å². The molecule has 0 aliphatic heterocycles. The minimum atomic E-state index is -2.21. The number of hydrogen-bond acceptors (Lipinski definition) is 4. The van der Waals surface area contributed by atoms with Crippen molar-refractivity contribution in [3.8, 4) is 0 Å². The molecule has 6 heteroatoms. The van der Waals surface area contributed by atoms with Crippen LogP contribution in [-0.2, 0) is 17.7 Å². The second-order valence-electron chi connectivity index (χ2n) is 4.00. The van der Waals surface area contributed by atoms with E-state index in [1.165, 1.54) is 0 Å². The van der Waals surface area contributed by atoms with Crippen molar-refractivity contribution in [3.05, 3.63) is 11.8 Å². The van der Waals surface area contributed by atoms with Crippen LogP contribution in [0.1, 0.15) is 6.42 Å². The topological polar surface area (TPSA) is 36.9 Å². The molecule has 0 atom stereocenters. The van der Waals surface area contributed by atoms with Gasteiger partial charge in [0.2, 0.25) is 0 Å². The SMILES string of the molecule is C=C(CC[Si](C)(OC)OC)[Si](C)(OC)OC. The van der Waals surface area contributed by atoms with Crippen LogP contribution in [0.2, 0.25) is 19.1 Å². The van der Waals surface area contributed by atoms with Crippen LogP contribution in [0.25, 0.3) is 0 Å². The van der Waals surface area contributed by atoms with Crippen molar-refractivity contribution in [2.45, 2.75) is 25.6 Å². The average Bonchev–Trinajstić information content (AvgIpc) is 2.34. The molecule has 0 unspecified atom stereocenters. The van der Waals surface area contributed by atoms with Crippen molar-refractivity contribution in [3.63, 3.8) is 0 Å². The van der Waals surface area contributed by atoms with Gasteiger partial charge in [-0.2, -0.15) is 0 Å². The van der Waals surface area contributed by atoms with Gasteiger partial charge in [-0.25, -0.2) is 0 Å². The van der Waals surface area contributed by atoms with Crippen molar-refractivity contribution in [2.24, 2.45) is 0 Å². The average molecular weight is 264 g/mol. The van der Waals surface area contributed by atoms with Crippen LogP contribution in [0.4, 0.5) is 0 Å². The van der Waals surface area contributed by atoms with Crippen LogP contribution in [-0.4, -0.2) is 45.6 Å². The molecule has 0 amide bonds. The number of rotatable bonds is 8. The predicted molar refractivity (Wildman–Crippen MR) is 69.8 cm³/mol. The van der Waals surface area contributed by atoms with Gasteiger partial charge in [0.15, 0.2) is 0 Å². The Morgan fingerprint density at radius 2 is 1.38 bits per heavy atom. The molecular weight excluding hydrogens is 240 g/mol. The molecule has 0 aromatic carbocycles. The molecule has 0 heterocycles. The summed E-state index contributed by atoms with van der Waals surface area (Å²) in [7, 11) is 2.51. The zero-order chi connectivity index (χ0) is 12.8. The first-order valence-electron chi connectivity index (χ1n) is 5.26. The first-order valence-corrected chi connectivity index (χ1v) is 10.1. The third kappa shape index (κ3) is 4.12. The van der Waals surface area contributed by atoms with E-state index in [0.717, 1.165) is 17.7 Å². The Balaban J connectivity index is 4.36. The molecule has 0 bridgehead atoms. The third-order valence-corrected chi connectivity index (χ3v) is 9.14. The lowest BCUT2D eigenvalue weighted by Crippen LogP contribution is -2.41. The molecule has 0 aliphatic carbocycles. The van der Waals surface area contributed by atoms with Gasteiger partial charge in [0, 0.05) is 28.4 Å². The Hall–Kier alpha value is 0.0138. The summed E-state index contributed by atoms with van der Waals surface area (Å²) in [5.41, 5.74) is 0. The van der Waals surface area contributed by atoms with Crippen molar-refractivity contribution in [1.82, 2.24) is 0 Å². The molecule has 0 saturated carbocycles. The van der Waals surface area contributed by atoms with Crippen molar-refractivity contribution >= 4 is 17.1 Å². The van der Waals surface area contributed by atoms with Gasteiger partial charge >= 0.3 is 17.1 Å². The minimum Gasteiger partial charge on any atom is -0.398 e. The lowest BCUT2D eigenvalue weighted by Gasteiger charge is -2.28. The second kappa shape index (κ2) is 6.68. The Morgan fingerprint density at radius 3 is 1.69 bits per heavy atom. The Morgan fingerprint density at radius 1 is 0.938 bits per heavy atom. The molecule has 0 aliphatic rings. The number of allylic oxidation sites excluding steroid dienone is 1. The van der Waals surface area contributed by atoms with E-state index in [2.05, 4.69) is 6.58 Å². The summed E-state index contributed by atoms with van der Waals surface area (Å²) in [6.45, 7) is 8.10. The molecule has 16 heavy (non-hydrogen) atoms. The molecule has 0 aromatic heterocycles. The highest BCUT2D eigenvalue weighted by Gasteiger charge is 2.36. The second-order valence-corrected chi connectivity index (χ2v) is 11.0. The number of hydrogen-bond donors (Lipinski definition) is 0. The fourth-order valence-corrected chi connectivity index (χ4v) is 4.17. The summed E-state index contributed by atoms with van der Waals surface area (Å²) >= 11 is 0. The van der Waals surface area contributed by atoms with Crippen LogP contribution in [0, 0.1) is 0 Å². The standard InChI is InChI=1S/C10H24O4Si2/c1-10(16(7,13-4)14-5)8-9-15(6,11-2)12-3/h1,8-9H2,2-7H3. The van der Waals surface area contributed by atoms with Gasteiger partial charge in [-0.3, -0.25) is 0 Å². The molecule has 0 rings (SSSR count). The predicted octanol–water partition coefficient (Wildman–Crippen LogP) is 2.20. The monoisotopic (exact) mass is 264 g/mol. The summed E-state index contributed by atoms with van der Waals surface area (Å²) < 4.78 is 21.7. The van der Waals surface area contributed by atoms with Crippen molar-refractivity contribution in [1.29, 1.82) is 0 Å². The molecule has 0 fully saturated rings. The molecule has 0 N–H and O–H groups in total. The van der Waals surface area contributed by atoms with E-state index in [1.54, 1.807) is 28.4 Å². The van der Waals surface area contributed by atoms with Crippen LogP contribution in [0.5, 0.6) is 0 Å². The summed E-state index contributed by atoms with van der Waals surface area (Å²) in [6, 6.07) is 0.869. The summed E-state index contributed by atoms with van der Waals surface area (Å²) in [4.78, 5) is 0. The largest absolute Gasteiger partial charge is 0.398 e. The van der Waals surface area contributed by atoms with Gasteiger partial charge in [0.25, 0.3) is 0 Å². The summed E-state index contributed by atoms with van der Waals surface area (Å²) in [5.74, 6) is 0. The highest BCUT2D eigenvalue weighted by atomic mass is 28.4. The lowest BCUT2D eigenvalue weighted by molar-refractivity contribution is 0.247. The van der Waals surface area contributed by atoms with E-state index in [4.69, 9.17) is 17.7 Å². The maximum absolute atomic E-state index is 5.43. The first-order chi connectivity index (χ1) is 7.37. The maximum atomic E-state index is 5.43. The van der Waals surface area contributed by atoms with Crippen molar-refractivity contribution < 1.29 is 17.7 Å². The zero-order valence-corrected chi connectivity index (χ0v) is 13.3. The Labute approximate surface area is 101 Å². The molecule has 0 aromatic rings. The molecule has 96 valence electrons. The van der Waals surface area contributed by atoms with Gasteiger partial charge in [-0.05, 0) is 30.8 Å².